The number of hydrogen-bond acceptors (Lipinski definition) is 6. The minimum atomic E-state index is 0.652. The number of thioether (sulfide) groups is 2. The molecular weight excluding hydrogens is 378 g/mol. The molecule has 0 unspecified atom stereocenters. The first-order valence-electron chi connectivity index (χ1n) is 8.71. The van der Waals surface area contributed by atoms with E-state index in [1.54, 1.807) is 18.9 Å². The van der Waals surface area contributed by atoms with Gasteiger partial charge in [0.15, 0.2) is 11.0 Å². The van der Waals surface area contributed by atoms with Crippen molar-refractivity contribution in [2.45, 2.75) is 12.1 Å². The van der Waals surface area contributed by atoms with Crippen LogP contribution in [0.2, 0.25) is 0 Å². The molecule has 7 heteroatoms. The Kier molecular flexibility index (Phi) is 7.06. The zero-order valence-electron chi connectivity index (χ0n) is 15.7. The molecule has 27 heavy (non-hydrogen) atoms. The monoisotopic (exact) mass is 401 g/mol. The molecule has 0 N–H and O–H groups in total. The van der Waals surface area contributed by atoms with Crippen LogP contribution in [0, 0.1) is 0 Å². The third-order valence-corrected chi connectivity index (χ3v) is 5.71. The van der Waals surface area contributed by atoms with E-state index in [2.05, 4.69) is 21.0 Å². The molecule has 0 saturated carbocycles. The Hall–Kier alpha value is -2.12. The predicted molar refractivity (Wildman–Crippen MR) is 114 cm³/mol. The molecule has 0 bridgehead atoms. The van der Waals surface area contributed by atoms with Gasteiger partial charge in [0.05, 0.1) is 13.7 Å². The van der Waals surface area contributed by atoms with E-state index in [0.717, 1.165) is 45.2 Å². The van der Waals surface area contributed by atoms with Gasteiger partial charge in [-0.05, 0) is 61.7 Å². The van der Waals surface area contributed by atoms with Gasteiger partial charge in [-0.25, -0.2) is 0 Å². The third-order valence-electron chi connectivity index (χ3n) is 3.91. The Balaban J connectivity index is 1.99. The molecule has 0 atom stereocenters. The summed E-state index contributed by atoms with van der Waals surface area (Å²) in [6, 6.07) is 15.9. The van der Waals surface area contributed by atoms with E-state index in [1.807, 2.05) is 67.2 Å². The van der Waals surface area contributed by atoms with Crippen LogP contribution in [0.25, 0.3) is 17.1 Å². The molecule has 3 rings (SSSR count). The van der Waals surface area contributed by atoms with Crippen LogP contribution < -0.4 is 9.47 Å². The van der Waals surface area contributed by atoms with Gasteiger partial charge in [-0.2, -0.15) is 11.8 Å². The first kappa shape index (κ1) is 19.6. The maximum absolute atomic E-state index is 5.57. The van der Waals surface area contributed by atoms with E-state index < -0.39 is 0 Å². The number of nitrogens with zero attached hydrogens (tertiary/aromatic N) is 3. The summed E-state index contributed by atoms with van der Waals surface area (Å²) >= 11 is 3.55. The smallest absolute Gasteiger partial charge is 0.196 e. The first-order valence-corrected chi connectivity index (χ1v) is 11.1. The lowest BCUT2D eigenvalue weighted by Gasteiger charge is -2.11. The van der Waals surface area contributed by atoms with Crippen molar-refractivity contribution in [1.82, 2.24) is 14.8 Å². The highest BCUT2D eigenvalue weighted by Crippen LogP contribution is 2.30. The Morgan fingerprint density at radius 2 is 1.63 bits per heavy atom. The van der Waals surface area contributed by atoms with Crippen molar-refractivity contribution in [2.75, 3.05) is 31.5 Å². The highest BCUT2D eigenvalue weighted by Gasteiger charge is 2.16. The summed E-state index contributed by atoms with van der Waals surface area (Å²) in [7, 11) is 1.66. The van der Waals surface area contributed by atoms with Gasteiger partial charge < -0.3 is 9.47 Å². The van der Waals surface area contributed by atoms with Crippen molar-refractivity contribution >= 4 is 23.5 Å². The molecule has 0 aliphatic rings. The van der Waals surface area contributed by atoms with Gasteiger partial charge in [-0.15, -0.1) is 10.2 Å². The maximum atomic E-state index is 5.57. The van der Waals surface area contributed by atoms with Crippen LogP contribution in [-0.4, -0.2) is 46.2 Å². The van der Waals surface area contributed by atoms with E-state index in [0.29, 0.717) is 6.61 Å². The summed E-state index contributed by atoms with van der Waals surface area (Å²) in [4.78, 5) is 0. The number of methoxy groups -OCH3 is 1. The quantitative estimate of drug-likeness (QED) is 0.379. The van der Waals surface area contributed by atoms with Crippen molar-refractivity contribution in [1.29, 1.82) is 0 Å². The number of ether oxygens (including phenoxy) is 2. The lowest BCUT2D eigenvalue weighted by molar-refractivity contribution is 0.340. The number of hydrogen-bond donors (Lipinski definition) is 0. The zero-order chi connectivity index (χ0) is 19.1. The number of aromatic nitrogens is 3. The van der Waals surface area contributed by atoms with Crippen molar-refractivity contribution < 1.29 is 9.47 Å². The molecule has 1 heterocycles. The molecule has 0 fully saturated rings. The van der Waals surface area contributed by atoms with Gasteiger partial charge in [-0.1, -0.05) is 11.8 Å². The fourth-order valence-corrected chi connectivity index (χ4v) is 4.20. The van der Waals surface area contributed by atoms with Crippen molar-refractivity contribution in [3.8, 4) is 28.6 Å². The minimum absolute atomic E-state index is 0.652. The van der Waals surface area contributed by atoms with Gasteiger partial charge in [0.25, 0.3) is 0 Å². The molecule has 0 radical (unpaired) electrons. The van der Waals surface area contributed by atoms with E-state index >= 15 is 0 Å². The Labute approximate surface area is 168 Å². The molecule has 0 spiro atoms. The second kappa shape index (κ2) is 9.71. The van der Waals surface area contributed by atoms with Crippen LogP contribution in [0.1, 0.15) is 6.92 Å². The fraction of sp³-hybridized carbons (Fsp3) is 0.300. The van der Waals surface area contributed by atoms with Gasteiger partial charge in [0.1, 0.15) is 11.5 Å². The topological polar surface area (TPSA) is 49.2 Å². The number of rotatable bonds is 9. The molecule has 142 valence electrons. The highest BCUT2D eigenvalue weighted by molar-refractivity contribution is 8.02. The molecule has 1 aromatic heterocycles. The Morgan fingerprint density at radius 1 is 0.926 bits per heavy atom. The molecule has 0 aliphatic heterocycles. The van der Waals surface area contributed by atoms with Crippen molar-refractivity contribution in [2.24, 2.45) is 0 Å². The van der Waals surface area contributed by atoms with Gasteiger partial charge in [0.2, 0.25) is 0 Å². The number of benzene rings is 2. The minimum Gasteiger partial charge on any atom is -0.497 e. The zero-order valence-corrected chi connectivity index (χ0v) is 17.3. The first-order chi connectivity index (χ1) is 13.3. The van der Waals surface area contributed by atoms with Crippen LogP contribution in [-0.2, 0) is 0 Å². The molecule has 0 aliphatic carbocycles. The van der Waals surface area contributed by atoms with Crippen LogP contribution in [0.4, 0.5) is 0 Å². The van der Waals surface area contributed by atoms with E-state index in [-0.39, 0.29) is 0 Å². The lowest BCUT2D eigenvalue weighted by atomic mass is 10.2. The summed E-state index contributed by atoms with van der Waals surface area (Å²) in [6.07, 6.45) is 2.11. The Morgan fingerprint density at radius 3 is 2.26 bits per heavy atom. The van der Waals surface area contributed by atoms with Gasteiger partial charge in [0, 0.05) is 22.8 Å². The predicted octanol–water partition coefficient (Wildman–Crippen LogP) is 4.80. The fourth-order valence-electron chi connectivity index (χ4n) is 2.60. The van der Waals surface area contributed by atoms with Crippen LogP contribution >= 0.6 is 23.5 Å². The average molecular weight is 402 g/mol. The molecule has 5 nitrogen and oxygen atoms in total. The summed E-state index contributed by atoms with van der Waals surface area (Å²) in [5.74, 6) is 4.54. The van der Waals surface area contributed by atoms with E-state index in [4.69, 9.17) is 9.47 Å². The standard InChI is InChI=1S/C20H23N3O2S2/c1-4-25-18-11-7-16(8-12-18)23-19(15-5-9-17(24-2)10-6-15)21-22-20(23)27-14-13-26-3/h5-12H,4,13-14H2,1-3H3. The molecule has 2 aromatic carbocycles. The van der Waals surface area contributed by atoms with E-state index in [9.17, 15) is 0 Å². The largest absolute Gasteiger partial charge is 0.497 e. The molecule has 0 saturated heterocycles. The van der Waals surface area contributed by atoms with Crippen molar-refractivity contribution in [3.63, 3.8) is 0 Å². The van der Waals surface area contributed by atoms with E-state index in [1.165, 1.54) is 0 Å². The van der Waals surface area contributed by atoms with Crippen LogP contribution in [0.5, 0.6) is 11.5 Å². The SMILES string of the molecule is CCOc1ccc(-n2c(SCCSC)nnc2-c2ccc(OC)cc2)cc1. The van der Waals surface area contributed by atoms with Crippen LogP contribution in [0.15, 0.2) is 53.7 Å². The summed E-state index contributed by atoms with van der Waals surface area (Å²) in [5, 5.41) is 9.80. The second-order valence-corrected chi connectivity index (χ2v) is 7.69. The van der Waals surface area contributed by atoms with Gasteiger partial charge in [-0.3, -0.25) is 4.57 Å². The summed E-state index contributed by atoms with van der Waals surface area (Å²) < 4.78 is 12.9. The normalized spacial score (nSPS) is 10.8. The average Bonchev–Trinajstić information content (AvgIpc) is 3.13. The molecule has 3 aromatic rings. The van der Waals surface area contributed by atoms with Gasteiger partial charge >= 0.3 is 0 Å². The lowest BCUT2D eigenvalue weighted by Crippen LogP contribution is -2.01. The van der Waals surface area contributed by atoms with Crippen molar-refractivity contribution in [3.05, 3.63) is 48.5 Å². The maximum Gasteiger partial charge on any atom is 0.196 e. The third kappa shape index (κ3) is 4.78. The molecule has 0 amide bonds. The summed E-state index contributed by atoms with van der Waals surface area (Å²) in [5.41, 5.74) is 2.01. The molecular formula is C20H23N3O2S2. The van der Waals surface area contributed by atoms with Crippen LogP contribution in [0.3, 0.4) is 0 Å². The highest BCUT2D eigenvalue weighted by atomic mass is 32.2. The summed E-state index contributed by atoms with van der Waals surface area (Å²) in [6.45, 7) is 2.63. The second-order valence-electron chi connectivity index (χ2n) is 5.64. The Bertz CT molecular complexity index is 849.